The van der Waals surface area contributed by atoms with Crippen molar-refractivity contribution in [2.75, 3.05) is 38.1 Å². The summed E-state index contributed by atoms with van der Waals surface area (Å²) in [6, 6.07) is 7.02. The van der Waals surface area contributed by atoms with E-state index in [9.17, 15) is 18.4 Å². The molecule has 1 aromatic carbocycles. The molecule has 0 bridgehead atoms. The first-order valence-electron chi connectivity index (χ1n) is 12.9. The molecule has 2 fully saturated rings. The summed E-state index contributed by atoms with van der Waals surface area (Å²) >= 11 is 0. The number of anilines is 1. The second-order valence-electron chi connectivity index (χ2n) is 11.3. The predicted molar refractivity (Wildman–Crippen MR) is 140 cm³/mol. The number of hydrogen-bond donors (Lipinski definition) is 1. The number of amides is 2. The molecule has 9 heteroatoms. The van der Waals surface area contributed by atoms with Crippen molar-refractivity contribution in [3.05, 3.63) is 59.3 Å². The smallest absolute Gasteiger partial charge is 0.251 e. The van der Waals surface area contributed by atoms with Crippen LogP contribution in [0.1, 0.15) is 56.5 Å². The van der Waals surface area contributed by atoms with Crippen molar-refractivity contribution >= 4 is 17.6 Å². The van der Waals surface area contributed by atoms with Crippen LogP contribution in [-0.4, -0.2) is 77.4 Å². The molecule has 2 aromatic rings. The fourth-order valence-electron chi connectivity index (χ4n) is 5.75. The van der Waals surface area contributed by atoms with E-state index in [1.54, 1.807) is 25.4 Å². The van der Waals surface area contributed by atoms with Crippen LogP contribution in [0.4, 0.5) is 14.6 Å². The topological polar surface area (TPSA) is 68.8 Å². The largest absolute Gasteiger partial charge is 0.355 e. The molecule has 4 rings (SSSR count). The second kappa shape index (κ2) is 10.4. The molecule has 1 N–H and O–H groups in total. The zero-order valence-electron chi connectivity index (χ0n) is 22.5. The standard InChI is InChI=1S/C28H37F2N5O2/c1-17-13-33(14-18(2)35(17)25-11-19(9-10-32-25)26(36)31-6)27(37)23-16-34(28(3,4)5)15-22(23)21-8-7-20(29)12-24(21)30/h7-12,17-18,22-23H,13-16H2,1-6H3,(H,31,36)/t17-,18+,22?,23?. The number of benzene rings is 1. The highest BCUT2D eigenvalue weighted by Crippen LogP contribution is 2.39. The minimum absolute atomic E-state index is 0.00843. The van der Waals surface area contributed by atoms with Crippen molar-refractivity contribution in [1.82, 2.24) is 20.1 Å². The van der Waals surface area contributed by atoms with E-state index in [1.165, 1.54) is 12.1 Å². The van der Waals surface area contributed by atoms with Gasteiger partial charge in [0.15, 0.2) is 0 Å². The number of nitrogens with zero attached hydrogens (tertiary/aromatic N) is 4. The summed E-state index contributed by atoms with van der Waals surface area (Å²) < 4.78 is 28.5. The lowest BCUT2D eigenvalue weighted by Crippen LogP contribution is -2.59. The summed E-state index contributed by atoms with van der Waals surface area (Å²) in [5, 5.41) is 2.64. The number of pyridine rings is 1. The van der Waals surface area contributed by atoms with Gasteiger partial charge in [0, 0.05) is 74.6 Å². The van der Waals surface area contributed by atoms with E-state index in [4.69, 9.17) is 0 Å². The molecule has 2 amide bonds. The molecule has 2 saturated heterocycles. The molecule has 0 saturated carbocycles. The Balaban J connectivity index is 1.57. The van der Waals surface area contributed by atoms with Gasteiger partial charge in [-0.25, -0.2) is 13.8 Å². The number of likely N-dealkylation sites (tertiary alicyclic amines) is 1. The van der Waals surface area contributed by atoms with Gasteiger partial charge in [0.25, 0.3) is 5.91 Å². The maximum absolute atomic E-state index is 14.9. The molecule has 4 atom stereocenters. The molecule has 1 aromatic heterocycles. The molecule has 2 unspecified atom stereocenters. The van der Waals surface area contributed by atoms with Crippen LogP contribution in [0.3, 0.4) is 0 Å². The number of rotatable bonds is 4. The zero-order valence-corrected chi connectivity index (χ0v) is 22.5. The molecule has 37 heavy (non-hydrogen) atoms. The molecule has 2 aliphatic heterocycles. The van der Waals surface area contributed by atoms with Crippen LogP contribution in [0.25, 0.3) is 0 Å². The Kier molecular flexibility index (Phi) is 7.55. The summed E-state index contributed by atoms with van der Waals surface area (Å²) in [4.78, 5) is 36.8. The predicted octanol–water partition coefficient (Wildman–Crippen LogP) is 3.66. The van der Waals surface area contributed by atoms with E-state index >= 15 is 0 Å². The number of piperazine rings is 1. The van der Waals surface area contributed by atoms with E-state index in [2.05, 4.69) is 40.9 Å². The average molecular weight is 514 g/mol. The van der Waals surface area contributed by atoms with Crippen LogP contribution in [0.15, 0.2) is 36.5 Å². The van der Waals surface area contributed by atoms with Gasteiger partial charge in [-0.3, -0.25) is 14.5 Å². The zero-order chi connectivity index (χ0) is 27.1. The van der Waals surface area contributed by atoms with Gasteiger partial charge in [0.05, 0.1) is 5.92 Å². The Labute approximate surface area is 217 Å². The lowest BCUT2D eigenvalue weighted by atomic mass is 9.87. The number of nitrogens with one attached hydrogen (secondary N) is 1. The number of carbonyl (C=O) groups excluding carboxylic acids is 2. The highest BCUT2D eigenvalue weighted by molar-refractivity contribution is 5.94. The van der Waals surface area contributed by atoms with Crippen LogP contribution < -0.4 is 10.2 Å². The van der Waals surface area contributed by atoms with E-state index in [-0.39, 0.29) is 35.4 Å². The first-order valence-corrected chi connectivity index (χ1v) is 12.9. The Morgan fingerprint density at radius 2 is 1.68 bits per heavy atom. The average Bonchev–Trinajstić information content (AvgIpc) is 3.28. The Morgan fingerprint density at radius 3 is 2.27 bits per heavy atom. The summed E-state index contributed by atoms with van der Waals surface area (Å²) in [7, 11) is 1.59. The third-order valence-electron chi connectivity index (χ3n) is 7.68. The number of hydrogen-bond acceptors (Lipinski definition) is 5. The normalized spacial score (nSPS) is 24.9. The van der Waals surface area contributed by atoms with Gasteiger partial charge < -0.3 is 15.1 Å². The lowest BCUT2D eigenvalue weighted by Gasteiger charge is -2.46. The number of halogens is 2. The Hall–Kier alpha value is -3.07. The third-order valence-corrected chi connectivity index (χ3v) is 7.68. The monoisotopic (exact) mass is 513 g/mol. The molecule has 7 nitrogen and oxygen atoms in total. The van der Waals surface area contributed by atoms with Gasteiger partial charge in [0.2, 0.25) is 5.91 Å². The SMILES string of the molecule is CNC(=O)c1ccnc(N2[C@H](C)CN(C(=O)C3CN(C(C)(C)C)CC3c3ccc(F)cc3F)C[C@@H]2C)c1. The molecule has 0 spiro atoms. The first-order chi connectivity index (χ1) is 17.4. The molecule has 3 heterocycles. The molecule has 0 aliphatic carbocycles. The third kappa shape index (κ3) is 5.46. The Bertz CT molecular complexity index is 1160. The van der Waals surface area contributed by atoms with Gasteiger partial charge in [-0.2, -0.15) is 0 Å². The fraction of sp³-hybridized carbons (Fsp3) is 0.536. The summed E-state index contributed by atoms with van der Waals surface area (Å²) in [5.74, 6) is -1.51. The maximum atomic E-state index is 14.9. The van der Waals surface area contributed by atoms with Gasteiger partial charge in [0.1, 0.15) is 17.5 Å². The van der Waals surface area contributed by atoms with Crippen LogP contribution in [0.2, 0.25) is 0 Å². The van der Waals surface area contributed by atoms with Gasteiger partial charge in [-0.05, 0) is 58.4 Å². The van der Waals surface area contributed by atoms with Crippen LogP contribution in [-0.2, 0) is 4.79 Å². The number of carbonyl (C=O) groups is 2. The molecule has 0 radical (unpaired) electrons. The highest BCUT2D eigenvalue weighted by atomic mass is 19.1. The van der Waals surface area contributed by atoms with Gasteiger partial charge in [-0.15, -0.1) is 0 Å². The molecular formula is C28H37F2N5O2. The van der Waals surface area contributed by atoms with Crippen LogP contribution in [0.5, 0.6) is 0 Å². The van der Waals surface area contributed by atoms with Crippen LogP contribution >= 0.6 is 0 Å². The van der Waals surface area contributed by atoms with Crippen molar-refractivity contribution in [2.45, 2.75) is 58.2 Å². The highest BCUT2D eigenvalue weighted by Gasteiger charge is 2.45. The molecule has 2 aliphatic rings. The first kappa shape index (κ1) is 27.0. The van der Waals surface area contributed by atoms with Gasteiger partial charge in [-0.1, -0.05) is 6.07 Å². The van der Waals surface area contributed by atoms with Crippen molar-refractivity contribution in [1.29, 1.82) is 0 Å². The number of aromatic nitrogens is 1. The summed E-state index contributed by atoms with van der Waals surface area (Å²) in [6.07, 6.45) is 1.62. The van der Waals surface area contributed by atoms with Crippen molar-refractivity contribution in [3.8, 4) is 0 Å². The molecule has 200 valence electrons. The van der Waals surface area contributed by atoms with Crippen molar-refractivity contribution in [2.24, 2.45) is 5.92 Å². The fourth-order valence-corrected chi connectivity index (χ4v) is 5.75. The summed E-state index contributed by atoms with van der Waals surface area (Å²) in [6.45, 7) is 12.4. The lowest BCUT2D eigenvalue weighted by molar-refractivity contribution is -0.137. The van der Waals surface area contributed by atoms with Crippen LogP contribution in [0, 0.1) is 17.6 Å². The van der Waals surface area contributed by atoms with E-state index in [0.29, 0.717) is 43.1 Å². The van der Waals surface area contributed by atoms with Gasteiger partial charge >= 0.3 is 0 Å². The minimum atomic E-state index is -0.623. The van der Waals surface area contributed by atoms with E-state index < -0.39 is 17.6 Å². The molecular weight excluding hydrogens is 476 g/mol. The Morgan fingerprint density at radius 1 is 1.00 bits per heavy atom. The van der Waals surface area contributed by atoms with E-state index in [0.717, 1.165) is 6.07 Å². The maximum Gasteiger partial charge on any atom is 0.251 e. The quantitative estimate of drug-likeness (QED) is 0.676. The summed E-state index contributed by atoms with van der Waals surface area (Å²) in [5.41, 5.74) is 0.731. The minimum Gasteiger partial charge on any atom is -0.355 e. The van der Waals surface area contributed by atoms with E-state index in [1.807, 2.05) is 18.7 Å². The van der Waals surface area contributed by atoms with Crippen molar-refractivity contribution in [3.63, 3.8) is 0 Å². The van der Waals surface area contributed by atoms with Crippen molar-refractivity contribution < 1.29 is 18.4 Å². The second-order valence-corrected chi connectivity index (χ2v) is 11.3.